The maximum Gasteiger partial charge on any atom is 0.340 e. The van der Waals surface area contributed by atoms with Crippen LogP contribution < -0.4 is 11.1 Å². The van der Waals surface area contributed by atoms with Crippen LogP contribution >= 0.6 is 0 Å². The predicted octanol–water partition coefficient (Wildman–Crippen LogP) is 2.59. The Morgan fingerprint density at radius 2 is 2.14 bits per heavy atom. The summed E-state index contributed by atoms with van der Waals surface area (Å²) in [6.45, 7) is 8.11. The third kappa shape index (κ3) is 4.93. The molecule has 1 rings (SSSR count). The number of ether oxygens (including phenoxy) is 1. The molecule has 0 aliphatic rings. The normalized spacial score (nSPS) is 12.2. The number of esters is 1. The first-order valence-electron chi connectivity index (χ1n) is 7.50. The first kappa shape index (κ1) is 17.3. The number of rotatable bonds is 8. The van der Waals surface area contributed by atoms with Crippen LogP contribution in [0.3, 0.4) is 0 Å². The third-order valence-corrected chi connectivity index (χ3v) is 3.70. The number of anilines is 2. The smallest absolute Gasteiger partial charge is 0.340 e. The Balaban J connectivity index is 2.72. The molecular formula is C16H27N3O2. The van der Waals surface area contributed by atoms with Gasteiger partial charge in [0, 0.05) is 19.1 Å². The molecule has 0 heterocycles. The number of carbonyl (C=O) groups is 1. The quantitative estimate of drug-likeness (QED) is 0.569. The van der Waals surface area contributed by atoms with Crippen LogP contribution in [0.15, 0.2) is 18.2 Å². The number of nitrogens with two attached hydrogens (primary N) is 1. The summed E-state index contributed by atoms with van der Waals surface area (Å²) < 4.78 is 5.06. The Kier molecular flexibility index (Phi) is 7.02. The lowest BCUT2D eigenvalue weighted by molar-refractivity contribution is 0.0527. The summed E-state index contributed by atoms with van der Waals surface area (Å²) in [5.74, 6) is -0.345. The zero-order chi connectivity index (χ0) is 15.8. The summed E-state index contributed by atoms with van der Waals surface area (Å²) in [6.07, 6.45) is 1.11. The molecule has 0 aromatic heterocycles. The fourth-order valence-electron chi connectivity index (χ4n) is 2.04. The minimum absolute atomic E-state index is 0.345. The molecule has 0 saturated heterocycles. The van der Waals surface area contributed by atoms with Crippen molar-refractivity contribution in [1.29, 1.82) is 0 Å². The Morgan fingerprint density at radius 1 is 1.43 bits per heavy atom. The first-order valence-corrected chi connectivity index (χ1v) is 7.50. The van der Waals surface area contributed by atoms with Crippen molar-refractivity contribution >= 4 is 17.3 Å². The van der Waals surface area contributed by atoms with Crippen LogP contribution in [0, 0.1) is 0 Å². The summed E-state index contributed by atoms with van der Waals surface area (Å²) in [5, 5.41) is 3.26. The molecule has 1 unspecified atom stereocenters. The van der Waals surface area contributed by atoms with Gasteiger partial charge in [0.2, 0.25) is 0 Å². The summed E-state index contributed by atoms with van der Waals surface area (Å²) in [6, 6.07) is 5.81. The van der Waals surface area contributed by atoms with Gasteiger partial charge in [-0.15, -0.1) is 0 Å². The van der Waals surface area contributed by atoms with Gasteiger partial charge < -0.3 is 20.7 Å². The zero-order valence-electron chi connectivity index (χ0n) is 13.5. The number of para-hydroxylation sites is 1. The van der Waals surface area contributed by atoms with E-state index in [1.54, 1.807) is 25.1 Å². The van der Waals surface area contributed by atoms with Crippen molar-refractivity contribution in [3.05, 3.63) is 23.8 Å². The van der Waals surface area contributed by atoms with E-state index in [4.69, 9.17) is 10.5 Å². The minimum atomic E-state index is -0.345. The number of carbonyl (C=O) groups excluding carboxylic acids is 1. The van der Waals surface area contributed by atoms with Gasteiger partial charge in [-0.25, -0.2) is 4.79 Å². The molecule has 118 valence electrons. The largest absolute Gasteiger partial charge is 0.462 e. The standard InChI is InChI=1S/C16H27N3O2/c1-5-12(3)19(4)11-10-18-15-13(16(20)21-6-2)8-7-9-14(15)17/h7-9,12,18H,5-6,10-11,17H2,1-4H3. The van der Waals surface area contributed by atoms with Gasteiger partial charge in [0.1, 0.15) is 0 Å². The van der Waals surface area contributed by atoms with Crippen LogP contribution in [0.5, 0.6) is 0 Å². The molecule has 3 N–H and O–H groups in total. The highest BCUT2D eigenvalue weighted by atomic mass is 16.5. The van der Waals surface area contributed by atoms with Gasteiger partial charge in [-0.2, -0.15) is 0 Å². The Hall–Kier alpha value is -1.75. The van der Waals surface area contributed by atoms with E-state index >= 15 is 0 Å². The molecule has 0 fully saturated rings. The summed E-state index contributed by atoms with van der Waals surface area (Å²) in [4.78, 5) is 14.2. The zero-order valence-corrected chi connectivity index (χ0v) is 13.5. The Bertz CT molecular complexity index is 463. The van der Waals surface area contributed by atoms with Crippen LogP contribution in [0.1, 0.15) is 37.6 Å². The van der Waals surface area contributed by atoms with E-state index in [1.165, 1.54) is 0 Å². The fraction of sp³-hybridized carbons (Fsp3) is 0.562. The van der Waals surface area contributed by atoms with Crippen molar-refractivity contribution < 1.29 is 9.53 Å². The van der Waals surface area contributed by atoms with Gasteiger partial charge in [0.25, 0.3) is 0 Å². The van der Waals surface area contributed by atoms with Gasteiger partial charge >= 0.3 is 5.97 Å². The number of nitrogen functional groups attached to an aromatic ring is 1. The summed E-state index contributed by atoms with van der Waals surface area (Å²) >= 11 is 0. The molecule has 1 aromatic carbocycles. The molecule has 0 amide bonds. The maximum absolute atomic E-state index is 11.9. The molecule has 0 aliphatic carbocycles. The molecule has 0 saturated carbocycles. The molecule has 5 nitrogen and oxygen atoms in total. The van der Waals surface area contributed by atoms with Gasteiger partial charge in [0.05, 0.1) is 23.5 Å². The highest BCUT2D eigenvalue weighted by Crippen LogP contribution is 2.24. The molecule has 0 bridgehead atoms. The topological polar surface area (TPSA) is 67.6 Å². The highest BCUT2D eigenvalue weighted by molar-refractivity contribution is 5.98. The second kappa shape index (κ2) is 8.52. The van der Waals surface area contributed by atoms with Gasteiger partial charge in [0.15, 0.2) is 0 Å². The van der Waals surface area contributed by atoms with Crippen LogP contribution in [0.4, 0.5) is 11.4 Å². The molecule has 1 aromatic rings. The van der Waals surface area contributed by atoms with E-state index in [1.807, 2.05) is 0 Å². The Morgan fingerprint density at radius 3 is 2.76 bits per heavy atom. The van der Waals surface area contributed by atoms with Crippen LogP contribution in [-0.2, 0) is 4.74 Å². The van der Waals surface area contributed by atoms with Gasteiger partial charge in [-0.1, -0.05) is 13.0 Å². The van der Waals surface area contributed by atoms with Crippen LogP contribution in [0.25, 0.3) is 0 Å². The number of hydrogen-bond acceptors (Lipinski definition) is 5. The average Bonchev–Trinajstić information content (AvgIpc) is 2.47. The van der Waals surface area contributed by atoms with Crippen molar-refractivity contribution in [2.75, 3.05) is 37.8 Å². The lowest BCUT2D eigenvalue weighted by Gasteiger charge is -2.24. The van der Waals surface area contributed by atoms with E-state index in [-0.39, 0.29) is 5.97 Å². The molecule has 5 heteroatoms. The monoisotopic (exact) mass is 293 g/mol. The third-order valence-electron chi connectivity index (χ3n) is 3.70. The van der Waals surface area contributed by atoms with E-state index < -0.39 is 0 Å². The van der Waals surface area contributed by atoms with Crippen molar-refractivity contribution in [2.24, 2.45) is 0 Å². The lowest BCUT2D eigenvalue weighted by atomic mass is 10.1. The van der Waals surface area contributed by atoms with Crippen LogP contribution in [0.2, 0.25) is 0 Å². The van der Waals surface area contributed by atoms with Gasteiger partial charge in [-0.05, 0) is 39.4 Å². The number of likely N-dealkylation sites (N-methyl/N-ethyl adjacent to an activating group) is 1. The van der Waals surface area contributed by atoms with E-state index in [9.17, 15) is 4.79 Å². The molecule has 0 radical (unpaired) electrons. The van der Waals surface area contributed by atoms with Crippen molar-refractivity contribution in [1.82, 2.24) is 4.90 Å². The lowest BCUT2D eigenvalue weighted by Crippen LogP contribution is -2.33. The number of nitrogens with zero attached hydrogens (tertiary/aromatic N) is 1. The fourth-order valence-corrected chi connectivity index (χ4v) is 2.04. The molecule has 1 atom stereocenters. The van der Waals surface area contributed by atoms with E-state index in [0.29, 0.717) is 29.6 Å². The molecule has 0 aliphatic heterocycles. The summed E-state index contributed by atoms with van der Waals surface area (Å²) in [5.41, 5.74) is 7.69. The van der Waals surface area contributed by atoms with Crippen LogP contribution in [-0.4, -0.2) is 43.7 Å². The SMILES string of the molecule is CCOC(=O)c1cccc(N)c1NCCN(C)C(C)CC. The predicted molar refractivity (Wildman–Crippen MR) is 87.7 cm³/mol. The average molecular weight is 293 g/mol. The number of hydrogen-bond donors (Lipinski definition) is 2. The second-order valence-corrected chi connectivity index (χ2v) is 5.15. The number of benzene rings is 1. The van der Waals surface area contributed by atoms with Crippen molar-refractivity contribution in [2.45, 2.75) is 33.2 Å². The molecule has 21 heavy (non-hydrogen) atoms. The van der Waals surface area contributed by atoms with E-state index in [0.717, 1.165) is 19.5 Å². The molecule has 0 spiro atoms. The van der Waals surface area contributed by atoms with Crippen molar-refractivity contribution in [3.8, 4) is 0 Å². The second-order valence-electron chi connectivity index (χ2n) is 5.15. The van der Waals surface area contributed by atoms with Crippen molar-refractivity contribution in [3.63, 3.8) is 0 Å². The molecular weight excluding hydrogens is 266 g/mol. The maximum atomic E-state index is 11.9. The van der Waals surface area contributed by atoms with Gasteiger partial charge in [-0.3, -0.25) is 0 Å². The first-order chi connectivity index (χ1) is 10.0. The highest BCUT2D eigenvalue weighted by Gasteiger charge is 2.15. The Labute approximate surface area is 127 Å². The number of nitrogens with one attached hydrogen (secondary N) is 1. The van der Waals surface area contributed by atoms with E-state index in [2.05, 4.69) is 31.1 Å². The summed E-state index contributed by atoms with van der Waals surface area (Å²) in [7, 11) is 2.09. The minimum Gasteiger partial charge on any atom is -0.462 e.